The molecule has 0 aliphatic carbocycles. The average molecular weight is 232 g/mol. The lowest BCUT2D eigenvalue weighted by Crippen LogP contribution is -2.29. The van der Waals surface area contributed by atoms with Gasteiger partial charge in [-0.25, -0.2) is 5.43 Å². The molecule has 1 aromatic heterocycles. The summed E-state index contributed by atoms with van der Waals surface area (Å²) in [5.41, 5.74) is 3.85. The highest BCUT2D eigenvalue weighted by atomic mass is 16.5. The number of para-hydroxylation sites is 1. The molecule has 0 amide bonds. The fourth-order valence-electron chi connectivity index (χ4n) is 1.82. The summed E-state index contributed by atoms with van der Waals surface area (Å²) in [5.74, 6) is 7.23. The molecule has 4 nitrogen and oxygen atoms in total. The Morgan fingerprint density at radius 1 is 1.29 bits per heavy atom. The lowest BCUT2D eigenvalue weighted by molar-refractivity contribution is 0.392. The van der Waals surface area contributed by atoms with Gasteiger partial charge in [-0.1, -0.05) is 18.2 Å². The van der Waals surface area contributed by atoms with Crippen molar-refractivity contribution < 1.29 is 9.15 Å². The van der Waals surface area contributed by atoms with Crippen LogP contribution in [0.1, 0.15) is 17.4 Å². The summed E-state index contributed by atoms with van der Waals surface area (Å²) < 4.78 is 10.7. The summed E-state index contributed by atoms with van der Waals surface area (Å²) in [6, 6.07) is 11.6. The van der Waals surface area contributed by atoms with Crippen molar-refractivity contribution in [3.05, 3.63) is 54.0 Å². The number of nitrogens with one attached hydrogen (secondary N) is 1. The highest BCUT2D eigenvalue weighted by molar-refractivity contribution is 5.34. The van der Waals surface area contributed by atoms with Gasteiger partial charge in [0, 0.05) is 0 Å². The molecule has 0 saturated heterocycles. The SMILES string of the molecule is COc1ccccc1CC(NN)c1ccco1. The molecule has 0 saturated carbocycles. The van der Waals surface area contributed by atoms with Gasteiger partial charge in [-0.3, -0.25) is 5.84 Å². The van der Waals surface area contributed by atoms with Crippen LogP contribution in [-0.4, -0.2) is 7.11 Å². The van der Waals surface area contributed by atoms with Crippen molar-refractivity contribution in [1.82, 2.24) is 5.43 Å². The summed E-state index contributed by atoms with van der Waals surface area (Å²) >= 11 is 0. The van der Waals surface area contributed by atoms with Crippen LogP contribution in [-0.2, 0) is 6.42 Å². The lowest BCUT2D eigenvalue weighted by atomic mass is 10.0. The van der Waals surface area contributed by atoms with Crippen LogP contribution in [0.3, 0.4) is 0 Å². The van der Waals surface area contributed by atoms with Crippen LogP contribution in [0.15, 0.2) is 47.1 Å². The van der Waals surface area contributed by atoms with E-state index < -0.39 is 0 Å². The minimum Gasteiger partial charge on any atom is -0.496 e. The summed E-state index contributed by atoms with van der Waals surface area (Å²) in [6.45, 7) is 0. The number of hydrogen-bond acceptors (Lipinski definition) is 4. The monoisotopic (exact) mass is 232 g/mol. The first-order valence-electron chi connectivity index (χ1n) is 5.46. The van der Waals surface area contributed by atoms with E-state index in [2.05, 4.69) is 5.43 Å². The Bertz CT molecular complexity index is 454. The number of rotatable bonds is 5. The van der Waals surface area contributed by atoms with Gasteiger partial charge >= 0.3 is 0 Å². The number of benzene rings is 1. The second-order valence-corrected chi connectivity index (χ2v) is 3.75. The molecule has 17 heavy (non-hydrogen) atoms. The molecule has 1 aromatic carbocycles. The van der Waals surface area contributed by atoms with E-state index in [-0.39, 0.29) is 6.04 Å². The molecular weight excluding hydrogens is 216 g/mol. The molecule has 0 aliphatic rings. The standard InChI is InChI=1S/C13H16N2O2/c1-16-12-6-3-2-5-10(12)9-11(15-14)13-7-4-8-17-13/h2-8,11,15H,9,14H2,1H3. The molecule has 1 unspecified atom stereocenters. The van der Waals surface area contributed by atoms with Gasteiger partial charge in [-0.05, 0) is 30.2 Å². The van der Waals surface area contributed by atoms with Crippen molar-refractivity contribution >= 4 is 0 Å². The van der Waals surface area contributed by atoms with Crippen LogP contribution in [0.25, 0.3) is 0 Å². The Morgan fingerprint density at radius 2 is 2.12 bits per heavy atom. The Kier molecular flexibility index (Phi) is 3.80. The normalized spacial score (nSPS) is 12.4. The third kappa shape index (κ3) is 2.67. The topological polar surface area (TPSA) is 60.4 Å². The van der Waals surface area contributed by atoms with Gasteiger partial charge in [0.15, 0.2) is 0 Å². The van der Waals surface area contributed by atoms with Crippen molar-refractivity contribution in [2.45, 2.75) is 12.5 Å². The lowest BCUT2D eigenvalue weighted by Gasteiger charge is -2.15. The largest absolute Gasteiger partial charge is 0.496 e. The van der Waals surface area contributed by atoms with E-state index >= 15 is 0 Å². The molecule has 0 fully saturated rings. The maximum absolute atomic E-state index is 5.55. The molecule has 90 valence electrons. The quantitative estimate of drug-likeness (QED) is 0.611. The second kappa shape index (κ2) is 5.52. The molecule has 1 atom stereocenters. The van der Waals surface area contributed by atoms with Crippen LogP contribution >= 0.6 is 0 Å². The van der Waals surface area contributed by atoms with Crippen molar-refractivity contribution in [1.29, 1.82) is 0 Å². The second-order valence-electron chi connectivity index (χ2n) is 3.75. The molecule has 0 aliphatic heterocycles. The van der Waals surface area contributed by atoms with Crippen LogP contribution in [0.4, 0.5) is 0 Å². The molecular formula is C13H16N2O2. The van der Waals surface area contributed by atoms with Gasteiger partial charge in [-0.2, -0.15) is 0 Å². The van der Waals surface area contributed by atoms with Gasteiger partial charge < -0.3 is 9.15 Å². The smallest absolute Gasteiger partial charge is 0.122 e. The zero-order valence-corrected chi connectivity index (χ0v) is 9.72. The molecule has 2 rings (SSSR count). The summed E-state index contributed by atoms with van der Waals surface area (Å²) in [6.07, 6.45) is 2.36. The van der Waals surface area contributed by atoms with Crippen molar-refractivity contribution in [3.8, 4) is 5.75 Å². The van der Waals surface area contributed by atoms with Gasteiger partial charge in [0.25, 0.3) is 0 Å². The molecule has 0 radical (unpaired) electrons. The molecule has 2 aromatic rings. The van der Waals surface area contributed by atoms with E-state index in [0.717, 1.165) is 17.1 Å². The number of methoxy groups -OCH3 is 1. The minimum atomic E-state index is -0.0544. The van der Waals surface area contributed by atoms with Crippen molar-refractivity contribution in [2.75, 3.05) is 7.11 Å². The minimum absolute atomic E-state index is 0.0544. The first-order chi connectivity index (χ1) is 8.35. The number of nitrogens with two attached hydrogens (primary N) is 1. The van der Waals surface area contributed by atoms with Gasteiger partial charge in [0.05, 0.1) is 19.4 Å². The fourth-order valence-corrected chi connectivity index (χ4v) is 1.82. The van der Waals surface area contributed by atoms with Gasteiger partial charge in [-0.15, -0.1) is 0 Å². The third-order valence-corrected chi connectivity index (χ3v) is 2.70. The number of ether oxygens (including phenoxy) is 1. The predicted molar refractivity (Wildman–Crippen MR) is 65.5 cm³/mol. The molecule has 3 N–H and O–H groups in total. The van der Waals surface area contributed by atoms with Crippen LogP contribution in [0.5, 0.6) is 5.75 Å². The first-order valence-corrected chi connectivity index (χ1v) is 5.46. The van der Waals surface area contributed by atoms with E-state index in [1.165, 1.54) is 0 Å². The highest BCUT2D eigenvalue weighted by Crippen LogP contribution is 2.24. The number of hydrogen-bond donors (Lipinski definition) is 2. The maximum Gasteiger partial charge on any atom is 0.122 e. The van der Waals surface area contributed by atoms with E-state index in [1.54, 1.807) is 13.4 Å². The van der Waals surface area contributed by atoms with E-state index in [9.17, 15) is 0 Å². The van der Waals surface area contributed by atoms with E-state index in [4.69, 9.17) is 15.0 Å². The van der Waals surface area contributed by atoms with Crippen LogP contribution in [0, 0.1) is 0 Å². The van der Waals surface area contributed by atoms with Crippen molar-refractivity contribution in [3.63, 3.8) is 0 Å². The Balaban J connectivity index is 2.18. The maximum atomic E-state index is 5.55. The zero-order chi connectivity index (χ0) is 12.1. The molecule has 0 spiro atoms. The van der Waals surface area contributed by atoms with Gasteiger partial charge in [0.1, 0.15) is 11.5 Å². The van der Waals surface area contributed by atoms with Crippen LogP contribution < -0.4 is 16.0 Å². The summed E-state index contributed by atoms with van der Waals surface area (Å²) in [5, 5.41) is 0. The van der Waals surface area contributed by atoms with Crippen molar-refractivity contribution in [2.24, 2.45) is 5.84 Å². The number of hydrazine groups is 1. The number of furan rings is 1. The molecule has 0 bridgehead atoms. The highest BCUT2D eigenvalue weighted by Gasteiger charge is 2.15. The Hall–Kier alpha value is -1.78. The van der Waals surface area contributed by atoms with Crippen LogP contribution in [0.2, 0.25) is 0 Å². The van der Waals surface area contributed by atoms with E-state index in [0.29, 0.717) is 6.42 Å². The van der Waals surface area contributed by atoms with Gasteiger partial charge in [0.2, 0.25) is 0 Å². The summed E-state index contributed by atoms with van der Waals surface area (Å²) in [4.78, 5) is 0. The Labute approximate surface area is 100 Å². The molecule has 1 heterocycles. The predicted octanol–water partition coefficient (Wildman–Crippen LogP) is 2.04. The van der Waals surface area contributed by atoms with E-state index in [1.807, 2.05) is 36.4 Å². The first kappa shape index (κ1) is 11.7. The third-order valence-electron chi connectivity index (χ3n) is 2.70. The summed E-state index contributed by atoms with van der Waals surface area (Å²) in [7, 11) is 1.66. The molecule has 4 heteroatoms. The fraction of sp³-hybridized carbons (Fsp3) is 0.231. The zero-order valence-electron chi connectivity index (χ0n) is 9.72. The Morgan fingerprint density at radius 3 is 2.76 bits per heavy atom. The average Bonchev–Trinajstić information content (AvgIpc) is 2.90.